The highest BCUT2D eigenvalue weighted by atomic mass is 35.5. The van der Waals surface area contributed by atoms with E-state index in [1.165, 1.54) is 6.07 Å². The van der Waals surface area contributed by atoms with Gasteiger partial charge >= 0.3 is 0 Å². The number of nitrogens with zero attached hydrogens (tertiary/aromatic N) is 2. The lowest BCUT2D eigenvalue weighted by Crippen LogP contribution is -2.49. The second-order valence-electron chi connectivity index (χ2n) is 10.9. The number of benzene rings is 4. The summed E-state index contributed by atoms with van der Waals surface area (Å²) in [6.45, 7) is -0.142. The van der Waals surface area contributed by atoms with Crippen LogP contribution >= 0.6 is 23.2 Å². The lowest BCUT2D eigenvalue weighted by atomic mass is 9.62. The molecule has 3 aliphatic heterocycles. The third-order valence-corrected chi connectivity index (χ3v) is 9.31. The zero-order chi connectivity index (χ0) is 30.6. The standard InChI is InChI=1S/C35H23Cl2N3O4/c36-22-11-14-25(27(37)19-22)32(42)30-29(31(41)21-9-12-23(13-10-21)44-18-16-38)35(26-7-3-4-8-28(26)39-34(35)43)33-24-6-2-1-5-20(24)15-17-40(30)33/h1-15,17,19,29-30,33H,18H2,(H,39,43)/t29-,30+,33-,35-/m0/s1. The Bertz CT molecular complexity index is 1930. The molecule has 0 bridgehead atoms. The molecule has 0 unspecified atom stereocenters. The molecule has 9 heteroatoms. The van der Waals surface area contributed by atoms with Gasteiger partial charge < -0.3 is 15.0 Å². The van der Waals surface area contributed by atoms with Gasteiger partial charge in [0.25, 0.3) is 0 Å². The molecule has 1 N–H and O–H groups in total. The predicted molar refractivity (Wildman–Crippen MR) is 167 cm³/mol. The molecule has 44 heavy (non-hydrogen) atoms. The van der Waals surface area contributed by atoms with Crippen LogP contribution in [0.5, 0.6) is 5.75 Å². The van der Waals surface area contributed by atoms with Crippen molar-refractivity contribution in [2.75, 3.05) is 11.9 Å². The van der Waals surface area contributed by atoms with Crippen LogP contribution in [0.15, 0.2) is 97.2 Å². The maximum Gasteiger partial charge on any atom is 0.238 e. The summed E-state index contributed by atoms with van der Waals surface area (Å²) in [6.07, 6.45) is 3.71. The first-order chi connectivity index (χ1) is 21.4. The van der Waals surface area contributed by atoms with Gasteiger partial charge in [-0.15, -0.1) is 0 Å². The SMILES string of the molecule is N#CCOc1ccc(C(=O)[C@@H]2[C@H](C(=O)c3ccc(Cl)cc3Cl)N3C=Cc4ccccc4[C@H]3[C@@]23C(=O)Nc2ccccc23)cc1. The van der Waals surface area contributed by atoms with Gasteiger partial charge in [-0.3, -0.25) is 14.4 Å². The summed E-state index contributed by atoms with van der Waals surface area (Å²) in [7, 11) is 0. The Labute approximate surface area is 263 Å². The molecular weight excluding hydrogens is 597 g/mol. The molecule has 0 aliphatic carbocycles. The van der Waals surface area contributed by atoms with E-state index in [-0.39, 0.29) is 28.9 Å². The van der Waals surface area contributed by atoms with Crippen molar-refractivity contribution in [2.45, 2.75) is 17.5 Å². The molecule has 4 aromatic carbocycles. The lowest BCUT2D eigenvalue weighted by molar-refractivity contribution is -0.122. The second kappa shape index (κ2) is 10.7. The topological polar surface area (TPSA) is 99.5 Å². The number of halogens is 2. The third kappa shape index (κ3) is 4.06. The Hall–Kier alpha value is -4.90. The fourth-order valence-corrected chi connectivity index (χ4v) is 7.53. The van der Waals surface area contributed by atoms with E-state index in [1.54, 1.807) is 36.4 Å². The van der Waals surface area contributed by atoms with Crippen LogP contribution in [-0.2, 0) is 10.2 Å². The number of nitriles is 1. The number of hydrogen-bond donors (Lipinski definition) is 1. The monoisotopic (exact) mass is 619 g/mol. The second-order valence-corrected chi connectivity index (χ2v) is 11.8. The maximum atomic E-state index is 14.9. The number of fused-ring (bicyclic) bond motifs is 6. The minimum atomic E-state index is -1.47. The lowest BCUT2D eigenvalue weighted by Gasteiger charge is -2.38. The van der Waals surface area contributed by atoms with Crippen molar-refractivity contribution in [1.29, 1.82) is 5.26 Å². The Balaban J connectivity index is 1.49. The minimum absolute atomic E-state index is 0.142. The maximum absolute atomic E-state index is 14.9. The van der Waals surface area contributed by atoms with Gasteiger partial charge in [0.05, 0.1) is 17.0 Å². The zero-order valence-corrected chi connectivity index (χ0v) is 24.5. The molecule has 0 saturated carbocycles. The van der Waals surface area contributed by atoms with Crippen molar-refractivity contribution in [3.05, 3.63) is 135 Å². The Morgan fingerprint density at radius 3 is 2.48 bits per heavy atom. The van der Waals surface area contributed by atoms with Crippen LogP contribution in [0.2, 0.25) is 10.0 Å². The number of nitrogens with one attached hydrogen (secondary N) is 1. The number of ketones is 2. The van der Waals surface area contributed by atoms with Gasteiger partial charge in [0, 0.05) is 28.0 Å². The van der Waals surface area contributed by atoms with Crippen molar-refractivity contribution in [1.82, 2.24) is 4.90 Å². The molecule has 4 aromatic rings. The van der Waals surface area contributed by atoms with Gasteiger partial charge in [-0.05, 0) is 71.3 Å². The smallest absolute Gasteiger partial charge is 0.238 e. The van der Waals surface area contributed by atoms with E-state index < -0.39 is 29.2 Å². The van der Waals surface area contributed by atoms with Crippen molar-refractivity contribution in [2.24, 2.45) is 5.92 Å². The van der Waals surface area contributed by atoms with Gasteiger partial charge in [0.2, 0.25) is 5.91 Å². The molecule has 1 spiro atoms. The Kier molecular flexibility index (Phi) is 6.77. The number of ether oxygens (including phenoxy) is 1. The van der Waals surface area contributed by atoms with E-state index in [4.69, 9.17) is 33.2 Å². The molecule has 0 aromatic heterocycles. The number of carbonyl (C=O) groups excluding carboxylic acids is 3. The average Bonchev–Trinajstić information content (AvgIpc) is 3.51. The van der Waals surface area contributed by atoms with E-state index in [9.17, 15) is 14.4 Å². The van der Waals surface area contributed by atoms with Crippen molar-refractivity contribution in [3.8, 4) is 11.8 Å². The van der Waals surface area contributed by atoms with Gasteiger partial charge in [0.1, 0.15) is 23.3 Å². The first-order valence-corrected chi connectivity index (χ1v) is 14.7. The number of para-hydroxylation sites is 1. The molecule has 3 aliphatic rings. The van der Waals surface area contributed by atoms with Crippen molar-refractivity contribution >= 4 is 52.4 Å². The highest BCUT2D eigenvalue weighted by molar-refractivity contribution is 6.37. The molecular formula is C35H23Cl2N3O4. The first kappa shape index (κ1) is 27.9. The number of amides is 1. The summed E-state index contributed by atoms with van der Waals surface area (Å²) in [6, 6.07) is 26.2. The molecule has 7 nitrogen and oxygen atoms in total. The number of anilines is 1. The number of hydrogen-bond acceptors (Lipinski definition) is 6. The molecule has 7 rings (SSSR count). The molecule has 1 amide bonds. The molecule has 0 radical (unpaired) electrons. The molecule has 1 saturated heterocycles. The van der Waals surface area contributed by atoms with E-state index in [2.05, 4.69) is 5.32 Å². The molecule has 3 heterocycles. The van der Waals surface area contributed by atoms with E-state index in [0.29, 0.717) is 27.6 Å². The van der Waals surface area contributed by atoms with E-state index in [1.807, 2.05) is 71.8 Å². The molecule has 1 fully saturated rings. The number of rotatable bonds is 6. The Morgan fingerprint density at radius 1 is 0.955 bits per heavy atom. The summed E-state index contributed by atoms with van der Waals surface area (Å²) >= 11 is 12.8. The van der Waals surface area contributed by atoms with Crippen LogP contribution in [0.4, 0.5) is 5.69 Å². The summed E-state index contributed by atoms with van der Waals surface area (Å²) in [5, 5.41) is 12.5. The number of Topliss-reactive ketones (excluding diaryl/α,β-unsaturated/α-hetero) is 2. The zero-order valence-electron chi connectivity index (χ0n) is 23.0. The molecule has 216 valence electrons. The highest BCUT2D eigenvalue weighted by Crippen LogP contribution is 2.62. The third-order valence-electron chi connectivity index (χ3n) is 8.76. The fourth-order valence-electron chi connectivity index (χ4n) is 7.03. The van der Waals surface area contributed by atoms with Crippen LogP contribution in [0, 0.1) is 17.2 Å². The highest BCUT2D eigenvalue weighted by Gasteiger charge is 2.70. The van der Waals surface area contributed by atoms with Crippen LogP contribution in [0.25, 0.3) is 6.08 Å². The van der Waals surface area contributed by atoms with E-state index >= 15 is 0 Å². The summed E-state index contributed by atoms with van der Waals surface area (Å²) in [4.78, 5) is 46.0. The first-order valence-electron chi connectivity index (χ1n) is 13.9. The normalized spacial score (nSPS) is 22.5. The van der Waals surface area contributed by atoms with Gasteiger partial charge in [0.15, 0.2) is 18.2 Å². The summed E-state index contributed by atoms with van der Waals surface area (Å²) < 4.78 is 5.39. The fraction of sp³-hybridized carbons (Fsp3) is 0.143. The summed E-state index contributed by atoms with van der Waals surface area (Å²) in [5.41, 5.74) is 2.01. The summed E-state index contributed by atoms with van der Waals surface area (Å²) in [5.74, 6) is -1.88. The average molecular weight is 620 g/mol. The van der Waals surface area contributed by atoms with Gasteiger partial charge in [-0.1, -0.05) is 65.7 Å². The minimum Gasteiger partial charge on any atom is -0.479 e. The van der Waals surface area contributed by atoms with Crippen LogP contribution in [0.3, 0.4) is 0 Å². The van der Waals surface area contributed by atoms with Crippen molar-refractivity contribution < 1.29 is 19.1 Å². The molecule has 4 atom stereocenters. The predicted octanol–water partition coefficient (Wildman–Crippen LogP) is 6.88. The van der Waals surface area contributed by atoms with Gasteiger partial charge in [-0.25, -0.2) is 0 Å². The van der Waals surface area contributed by atoms with Crippen LogP contribution in [0.1, 0.15) is 43.4 Å². The van der Waals surface area contributed by atoms with Gasteiger partial charge in [-0.2, -0.15) is 5.26 Å². The van der Waals surface area contributed by atoms with Crippen LogP contribution in [-0.4, -0.2) is 35.0 Å². The largest absolute Gasteiger partial charge is 0.479 e. The van der Waals surface area contributed by atoms with E-state index in [0.717, 1.165) is 11.1 Å². The quantitative estimate of drug-likeness (QED) is 0.236. The Morgan fingerprint density at radius 2 is 1.70 bits per heavy atom. The van der Waals surface area contributed by atoms with Crippen molar-refractivity contribution in [3.63, 3.8) is 0 Å². The van der Waals surface area contributed by atoms with Crippen LogP contribution < -0.4 is 10.1 Å². The number of carbonyl (C=O) groups is 3.